The predicted octanol–water partition coefficient (Wildman–Crippen LogP) is 22.2. The zero-order valence-corrected chi connectivity index (χ0v) is 89.2. The molecule has 0 aliphatic carbocycles. The molecule has 0 saturated carbocycles. The average Bonchev–Trinajstić information content (AvgIpc) is 0.770. The van der Waals surface area contributed by atoms with E-state index in [0.717, 1.165) is 82.4 Å². The Bertz CT molecular complexity index is 7460. The highest BCUT2D eigenvalue weighted by Gasteiger charge is 2.58. The highest BCUT2D eigenvalue weighted by Crippen LogP contribution is 2.68. The first-order chi connectivity index (χ1) is 70.5. The van der Waals surface area contributed by atoms with E-state index in [2.05, 4.69) is 16.7 Å². The van der Waals surface area contributed by atoms with E-state index >= 15 is 17.6 Å². The number of carboxylic acid groups (broad SMARTS) is 2. The second-order valence-electron chi connectivity index (χ2n) is 36.8. The molecule has 0 spiro atoms. The van der Waals surface area contributed by atoms with Crippen LogP contribution in [0.3, 0.4) is 0 Å². The molecule has 0 aromatic heterocycles. The molecule has 0 aliphatic rings. The molecular formula is C107H108Cl2F4N6O26P2S3. The van der Waals surface area contributed by atoms with E-state index in [9.17, 15) is 88.8 Å². The number of halogens is 6. The Hall–Kier alpha value is -13.6. The van der Waals surface area contributed by atoms with E-state index < -0.39 is 163 Å². The molecule has 150 heavy (non-hydrogen) atoms. The molecule has 12 aromatic rings. The lowest BCUT2D eigenvalue weighted by Crippen LogP contribution is -2.43. The maximum Gasteiger partial charge on any atom is 0.410 e. The number of carboxylic acids is 2. The fourth-order valence-electron chi connectivity index (χ4n) is 14.6. The van der Waals surface area contributed by atoms with Crippen molar-refractivity contribution in [2.45, 2.75) is 147 Å². The van der Waals surface area contributed by atoms with Gasteiger partial charge in [0.25, 0.3) is 0 Å². The largest absolute Gasteiger partial charge is 0.495 e. The maximum atomic E-state index is 16.3. The first kappa shape index (κ1) is 118. The third-order valence-electron chi connectivity index (χ3n) is 22.7. The van der Waals surface area contributed by atoms with Crippen LogP contribution in [-0.2, 0) is 146 Å². The number of benzene rings is 12. The first-order valence-electron chi connectivity index (χ1n) is 45.6. The number of sulfonamides is 3. The number of rotatable bonds is 40. The number of aliphatic carboxylic acids is 2. The molecule has 12 rings (SSSR count). The van der Waals surface area contributed by atoms with Crippen molar-refractivity contribution < 1.29 is 138 Å². The molecule has 0 heterocycles. The van der Waals surface area contributed by atoms with Crippen LogP contribution in [0.1, 0.15) is 131 Å². The van der Waals surface area contributed by atoms with Gasteiger partial charge in [0.15, 0.2) is 0 Å². The lowest BCUT2D eigenvalue weighted by atomic mass is 9.98. The minimum atomic E-state index is -5.78. The monoisotopic (exact) mass is 2200 g/mol. The Morgan fingerprint density at radius 3 is 1.11 bits per heavy atom. The van der Waals surface area contributed by atoms with Crippen LogP contribution >= 0.6 is 38.4 Å². The third kappa shape index (κ3) is 29.8. The maximum absolute atomic E-state index is 16.3. The van der Waals surface area contributed by atoms with Gasteiger partial charge in [0.1, 0.15) is 31.9 Å². The van der Waals surface area contributed by atoms with E-state index in [1.807, 2.05) is 54.6 Å². The topological polar surface area (TPSA) is 443 Å². The number of ether oxygens (including phenoxy) is 6. The summed E-state index contributed by atoms with van der Waals surface area (Å²) >= 11 is 12.7. The molecule has 12 aromatic carbocycles. The zero-order chi connectivity index (χ0) is 110. The number of esters is 3. The van der Waals surface area contributed by atoms with Crippen LogP contribution in [0.2, 0.25) is 10.0 Å². The Kier molecular flexibility index (Phi) is 39.7. The fourth-order valence-corrected chi connectivity index (χ4v) is 22.2. The van der Waals surface area contributed by atoms with Crippen LogP contribution < -0.4 is 19.1 Å². The summed E-state index contributed by atoms with van der Waals surface area (Å²) in [6.07, 6.45) is -0.462. The normalized spacial score (nSPS) is 12.7. The van der Waals surface area contributed by atoms with Crippen molar-refractivity contribution in [1.29, 1.82) is 10.5 Å². The number of nitriles is 2. The summed E-state index contributed by atoms with van der Waals surface area (Å²) in [6.45, 7) is 10.3. The molecule has 2 unspecified atom stereocenters. The summed E-state index contributed by atoms with van der Waals surface area (Å²) in [5, 5.41) is 37.7. The number of fused-ring (bicyclic) bond motifs is 1. The molecule has 43 heteroatoms. The van der Waals surface area contributed by atoms with Gasteiger partial charge in [-0.15, -0.1) is 0 Å². The van der Waals surface area contributed by atoms with Gasteiger partial charge in [0, 0.05) is 51.0 Å². The Labute approximate surface area is 876 Å². The minimum Gasteiger partial charge on any atom is -0.495 e. The van der Waals surface area contributed by atoms with Gasteiger partial charge in [-0.05, 0) is 221 Å². The van der Waals surface area contributed by atoms with Crippen LogP contribution in [0.15, 0.2) is 288 Å². The molecular weight excluding hydrogens is 2090 g/mol. The van der Waals surface area contributed by atoms with Gasteiger partial charge in [-0.3, -0.25) is 51.6 Å². The zero-order valence-electron chi connectivity index (χ0n) is 83.4. The number of nitrogens with zero attached hydrogens (tertiary/aromatic N) is 6. The van der Waals surface area contributed by atoms with Gasteiger partial charge in [-0.25, -0.2) is 30.0 Å². The van der Waals surface area contributed by atoms with Gasteiger partial charge in [0.05, 0.1) is 88.4 Å². The van der Waals surface area contributed by atoms with Gasteiger partial charge in [-0.2, -0.15) is 41.0 Å². The van der Waals surface area contributed by atoms with Crippen molar-refractivity contribution in [3.63, 3.8) is 0 Å². The molecule has 3 N–H and O–H groups in total. The number of anilines is 1. The summed E-state index contributed by atoms with van der Waals surface area (Å²) in [4.78, 5) is 82.4. The van der Waals surface area contributed by atoms with Crippen molar-refractivity contribution >= 4 is 121 Å². The van der Waals surface area contributed by atoms with Crippen molar-refractivity contribution in [3.05, 3.63) is 339 Å². The number of amides is 1. The molecule has 0 aliphatic heterocycles. The van der Waals surface area contributed by atoms with E-state index in [1.54, 1.807) is 127 Å². The van der Waals surface area contributed by atoms with Crippen LogP contribution in [0.4, 0.5) is 23.2 Å². The standard InChI is InChI=1S/C41H44ClF2N2O10PS.C35H34ClF2N2O8PS.C31H30N2O8S/c1-39(2,3)37(47)53-26-55-57(49,56-27-54-38(48)40(4,5)6)41(43,44)33-20-17-30(22-34(33)42)25-46(58(50,51)36-14-9-8-13-35(36)52-7)24-28-15-18-31(19-16-28)32-12-10-11-29(21-32)23-45;1-34(2,3)33(41)47-23-48-49(42,43)35(37,38)29-17-14-26(19-30(29)36)22-40(50(44,45)32-11-6-5-10-31(32)46-4)21-24-12-15-27(16-13-24)28-9-7-8-25(18-28)20-39;1-21(18-29(34)35)33(30(36)31(37)38)25-16-14-22(15-17-25)19-32(42(39,40)28-13-6-5-12-27(28)41-2)20-24-10-7-9-23-8-3-4-11-26(23)24/h8-22H,24-27H2,1-7H3;5-19H,21-23H2,1-4H3,(H,42,43);3-17,21H,18-20H2,1-2H3,(H,34,35)(H,37,38). The number of methoxy groups -OCH3 is 3. The quantitative estimate of drug-likeness (QED) is 0.00801. The van der Waals surface area contributed by atoms with Crippen LogP contribution in [0.5, 0.6) is 17.2 Å². The number of hydrogen-bond acceptors (Lipinski definition) is 25. The molecule has 2 atom stereocenters. The van der Waals surface area contributed by atoms with E-state index in [1.165, 1.54) is 156 Å². The second kappa shape index (κ2) is 50.4. The highest BCUT2D eigenvalue weighted by molar-refractivity contribution is 7.89. The van der Waals surface area contributed by atoms with Gasteiger partial charge in [-0.1, -0.05) is 211 Å². The molecule has 0 saturated heterocycles. The molecule has 32 nitrogen and oxygen atoms in total. The predicted molar refractivity (Wildman–Crippen MR) is 551 cm³/mol. The molecule has 792 valence electrons. The molecule has 0 bridgehead atoms. The lowest BCUT2D eigenvalue weighted by molar-refractivity contribution is -0.164. The van der Waals surface area contributed by atoms with Crippen molar-refractivity contribution in [2.24, 2.45) is 16.2 Å². The first-order valence-corrected chi connectivity index (χ1v) is 53.8. The summed E-state index contributed by atoms with van der Waals surface area (Å²) in [5.41, 5.74) is -7.06. The summed E-state index contributed by atoms with van der Waals surface area (Å²) < 4.78 is 223. The minimum absolute atomic E-state index is 0.00471. The van der Waals surface area contributed by atoms with Crippen LogP contribution in [-0.4, -0.2) is 137 Å². The lowest BCUT2D eigenvalue weighted by Gasteiger charge is -2.28. The summed E-state index contributed by atoms with van der Waals surface area (Å²) in [7, 11) is -20.1. The number of carbonyl (C=O) groups is 6. The number of hydrogen-bond donors (Lipinski definition) is 3. The van der Waals surface area contributed by atoms with E-state index in [0.29, 0.717) is 27.8 Å². The van der Waals surface area contributed by atoms with Gasteiger partial charge < -0.3 is 43.5 Å². The third-order valence-corrected chi connectivity index (χ3v) is 32.0. The van der Waals surface area contributed by atoms with Crippen LogP contribution in [0, 0.1) is 38.9 Å². The van der Waals surface area contributed by atoms with Crippen LogP contribution in [0.25, 0.3) is 33.0 Å². The summed E-state index contributed by atoms with van der Waals surface area (Å²) in [6, 6.07) is 75.3. The van der Waals surface area contributed by atoms with Crippen molar-refractivity contribution in [3.8, 4) is 51.6 Å². The van der Waals surface area contributed by atoms with Crippen molar-refractivity contribution in [2.75, 3.05) is 46.6 Å². The average molecular weight is 2200 g/mol. The SMILES string of the molecule is COc1ccccc1S(=O)(=O)N(Cc1ccc(-c2cccc(C#N)c2)cc1)Cc1ccc(C(F)(F)P(=O)(O)OCOC(=O)C(C)(C)C)c(Cl)c1.COc1ccccc1S(=O)(=O)N(Cc1ccc(-c2cccc(C#N)c2)cc1)Cc1ccc(C(F)(F)P(=O)(OCOC(=O)C(C)(C)C)OCOC(=O)C(C)(C)C)c(Cl)c1.COc1ccccc1S(=O)(=O)N(Cc1ccc(N(C(=O)C(=O)O)C(C)CC(=O)O)cc1)Cc1cccc2ccccc12. The van der Waals surface area contributed by atoms with E-state index in [4.69, 9.17) is 60.7 Å². The second-order valence-corrected chi connectivity index (χ2v) is 47.3. The Balaban J connectivity index is 0.000000233. The van der Waals surface area contributed by atoms with Gasteiger partial charge >= 0.3 is 62.3 Å². The Morgan fingerprint density at radius 2 is 0.740 bits per heavy atom. The fraction of sp³-hybridized carbons (Fsp3) is 0.271. The molecule has 1 amide bonds. The highest BCUT2D eigenvalue weighted by atomic mass is 35.5. The molecule has 0 fully saturated rings. The molecule has 0 radical (unpaired) electrons. The van der Waals surface area contributed by atoms with Crippen molar-refractivity contribution in [1.82, 2.24) is 12.9 Å². The number of alkyl halides is 4. The van der Waals surface area contributed by atoms with E-state index in [-0.39, 0.29) is 88.0 Å². The summed E-state index contributed by atoms with van der Waals surface area (Å²) in [5.74, 6) is -6.35. The Morgan fingerprint density at radius 1 is 0.407 bits per heavy atom. The van der Waals surface area contributed by atoms with Gasteiger partial charge in [0.2, 0.25) is 50.4 Å². The smallest absolute Gasteiger partial charge is 0.410 e. The number of para-hydroxylation sites is 3. The number of carbonyl (C=O) groups excluding carboxylic acids is 4.